The van der Waals surface area contributed by atoms with Crippen LogP contribution in [0.4, 0.5) is 13.2 Å². The Morgan fingerprint density at radius 3 is 2.24 bits per heavy atom. The summed E-state index contributed by atoms with van der Waals surface area (Å²) in [5, 5.41) is 7.43. The predicted molar refractivity (Wildman–Crippen MR) is 74.8 cm³/mol. The van der Waals surface area contributed by atoms with Crippen LogP contribution in [0, 0.1) is 24.4 Å². The number of halogens is 3. The normalized spacial score (nSPS) is 12.0. The number of nitrogens with zero attached hydrogens (tertiary/aromatic N) is 2. The first-order valence-electron chi connectivity index (χ1n) is 6.62. The number of aromatic nitrogens is 2. The van der Waals surface area contributed by atoms with E-state index < -0.39 is 17.5 Å². The van der Waals surface area contributed by atoms with Crippen molar-refractivity contribution in [3.05, 3.63) is 47.0 Å². The van der Waals surface area contributed by atoms with Crippen LogP contribution in [0.2, 0.25) is 0 Å². The molecule has 21 heavy (non-hydrogen) atoms. The molecule has 0 bridgehead atoms. The fourth-order valence-corrected chi connectivity index (χ4v) is 1.90. The zero-order valence-electron chi connectivity index (χ0n) is 12.5. The first kappa shape index (κ1) is 15.6. The van der Waals surface area contributed by atoms with Gasteiger partial charge in [-0.25, -0.2) is 17.9 Å². The van der Waals surface area contributed by atoms with E-state index in [0.29, 0.717) is 6.54 Å². The lowest BCUT2D eigenvalue weighted by Crippen LogP contribution is -2.35. The Morgan fingerprint density at radius 1 is 1.14 bits per heavy atom. The Labute approximate surface area is 121 Å². The van der Waals surface area contributed by atoms with Gasteiger partial charge in [0.1, 0.15) is 0 Å². The Morgan fingerprint density at radius 2 is 1.71 bits per heavy atom. The standard InChI is InChI=1S/C15H18F3N3/c1-9-10(7-19-15(2,3)4)8-20-21(9)11-5-12(16)14(18)13(17)6-11/h5-6,8,19H,7H2,1-4H3. The van der Waals surface area contributed by atoms with Crippen LogP contribution in [-0.2, 0) is 6.54 Å². The Kier molecular flexibility index (Phi) is 4.09. The molecule has 114 valence electrons. The molecule has 0 radical (unpaired) electrons. The molecular weight excluding hydrogens is 279 g/mol. The molecule has 0 atom stereocenters. The second-order valence-electron chi connectivity index (χ2n) is 5.99. The quantitative estimate of drug-likeness (QED) is 0.879. The van der Waals surface area contributed by atoms with E-state index in [1.54, 1.807) is 13.1 Å². The summed E-state index contributed by atoms with van der Waals surface area (Å²) in [6, 6.07) is 1.86. The summed E-state index contributed by atoms with van der Waals surface area (Å²) in [6.07, 6.45) is 1.63. The van der Waals surface area contributed by atoms with Gasteiger partial charge in [0.05, 0.1) is 11.9 Å². The molecule has 1 aromatic heterocycles. The van der Waals surface area contributed by atoms with Gasteiger partial charge in [0.2, 0.25) is 0 Å². The predicted octanol–water partition coefficient (Wildman–Crippen LogP) is 3.49. The molecule has 1 N–H and O–H groups in total. The van der Waals surface area contributed by atoms with Crippen LogP contribution in [0.25, 0.3) is 5.69 Å². The minimum Gasteiger partial charge on any atom is -0.308 e. The van der Waals surface area contributed by atoms with Crippen molar-refractivity contribution in [2.45, 2.75) is 39.8 Å². The number of rotatable bonds is 3. The number of benzene rings is 1. The van der Waals surface area contributed by atoms with E-state index in [9.17, 15) is 13.2 Å². The molecule has 6 heteroatoms. The van der Waals surface area contributed by atoms with E-state index >= 15 is 0 Å². The average molecular weight is 297 g/mol. The van der Waals surface area contributed by atoms with Crippen molar-refractivity contribution < 1.29 is 13.2 Å². The lowest BCUT2D eigenvalue weighted by molar-refractivity contribution is 0.423. The monoisotopic (exact) mass is 297 g/mol. The van der Waals surface area contributed by atoms with E-state index in [1.165, 1.54) is 4.68 Å². The van der Waals surface area contributed by atoms with Crippen molar-refractivity contribution >= 4 is 0 Å². The lowest BCUT2D eigenvalue weighted by atomic mass is 10.1. The summed E-state index contributed by atoms with van der Waals surface area (Å²) in [5.41, 5.74) is 1.76. The highest BCUT2D eigenvalue weighted by molar-refractivity contribution is 5.36. The van der Waals surface area contributed by atoms with Gasteiger partial charge in [0, 0.05) is 35.5 Å². The van der Waals surface area contributed by atoms with E-state index in [4.69, 9.17) is 0 Å². The molecule has 0 amide bonds. The molecule has 3 nitrogen and oxygen atoms in total. The highest BCUT2D eigenvalue weighted by atomic mass is 19.2. The van der Waals surface area contributed by atoms with Crippen LogP contribution in [0.3, 0.4) is 0 Å². The minimum atomic E-state index is -1.47. The first-order chi connectivity index (χ1) is 9.69. The van der Waals surface area contributed by atoms with Gasteiger partial charge in [-0.15, -0.1) is 0 Å². The fraction of sp³-hybridized carbons (Fsp3) is 0.400. The SMILES string of the molecule is Cc1c(CNC(C)(C)C)cnn1-c1cc(F)c(F)c(F)c1. The summed E-state index contributed by atoms with van der Waals surface area (Å²) in [5.74, 6) is -3.93. The van der Waals surface area contributed by atoms with Gasteiger partial charge in [0.15, 0.2) is 17.5 Å². The average Bonchev–Trinajstić information content (AvgIpc) is 2.73. The number of nitrogens with one attached hydrogen (secondary N) is 1. The highest BCUT2D eigenvalue weighted by Crippen LogP contribution is 2.19. The molecule has 0 fully saturated rings. The van der Waals surface area contributed by atoms with Crippen molar-refractivity contribution in [1.29, 1.82) is 0 Å². The van der Waals surface area contributed by atoms with E-state index in [-0.39, 0.29) is 11.2 Å². The Hall–Kier alpha value is -1.82. The summed E-state index contributed by atoms with van der Waals surface area (Å²) in [4.78, 5) is 0. The Balaban J connectivity index is 2.32. The molecule has 0 saturated heterocycles. The third-order valence-corrected chi connectivity index (χ3v) is 3.13. The topological polar surface area (TPSA) is 29.9 Å². The lowest BCUT2D eigenvalue weighted by Gasteiger charge is -2.20. The van der Waals surface area contributed by atoms with Gasteiger partial charge in [-0.05, 0) is 27.7 Å². The zero-order valence-corrected chi connectivity index (χ0v) is 12.5. The summed E-state index contributed by atoms with van der Waals surface area (Å²) in [7, 11) is 0. The molecule has 0 spiro atoms. The Bertz CT molecular complexity index is 634. The van der Waals surface area contributed by atoms with Gasteiger partial charge < -0.3 is 5.32 Å². The van der Waals surface area contributed by atoms with Gasteiger partial charge in [-0.1, -0.05) is 0 Å². The molecule has 0 aliphatic rings. The van der Waals surface area contributed by atoms with Crippen molar-refractivity contribution in [3.63, 3.8) is 0 Å². The van der Waals surface area contributed by atoms with E-state index in [2.05, 4.69) is 10.4 Å². The van der Waals surface area contributed by atoms with E-state index in [0.717, 1.165) is 23.4 Å². The minimum absolute atomic E-state index is 0.0529. The smallest absolute Gasteiger partial charge is 0.194 e. The molecular formula is C15H18F3N3. The van der Waals surface area contributed by atoms with Crippen LogP contribution in [0.1, 0.15) is 32.0 Å². The summed E-state index contributed by atoms with van der Waals surface area (Å²) in [6.45, 7) is 8.50. The van der Waals surface area contributed by atoms with Crippen LogP contribution < -0.4 is 5.32 Å². The van der Waals surface area contributed by atoms with Crippen molar-refractivity contribution in [2.75, 3.05) is 0 Å². The van der Waals surface area contributed by atoms with Crippen LogP contribution >= 0.6 is 0 Å². The number of hydrogen-bond donors (Lipinski definition) is 1. The molecule has 0 aliphatic heterocycles. The molecule has 1 heterocycles. The van der Waals surface area contributed by atoms with Gasteiger partial charge >= 0.3 is 0 Å². The molecule has 0 aliphatic carbocycles. The van der Waals surface area contributed by atoms with Gasteiger partial charge in [-0.2, -0.15) is 5.10 Å². The van der Waals surface area contributed by atoms with Gasteiger partial charge in [0.25, 0.3) is 0 Å². The third-order valence-electron chi connectivity index (χ3n) is 3.13. The van der Waals surface area contributed by atoms with Crippen LogP contribution in [0.15, 0.2) is 18.3 Å². The van der Waals surface area contributed by atoms with E-state index in [1.807, 2.05) is 20.8 Å². The second kappa shape index (κ2) is 5.52. The second-order valence-corrected chi connectivity index (χ2v) is 5.99. The molecule has 2 aromatic rings. The largest absolute Gasteiger partial charge is 0.308 e. The molecule has 2 rings (SSSR count). The van der Waals surface area contributed by atoms with Crippen molar-refractivity contribution in [3.8, 4) is 5.69 Å². The first-order valence-corrected chi connectivity index (χ1v) is 6.62. The van der Waals surface area contributed by atoms with Crippen molar-refractivity contribution in [1.82, 2.24) is 15.1 Å². The molecule has 0 saturated carbocycles. The number of hydrogen-bond acceptors (Lipinski definition) is 2. The summed E-state index contributed by atoms with van der Waals surface area (Å²) >= 11 is 0. The third kappa shape index (κ3) is 3.44. The fourth-order valence-electron chi connectivity index (χ4n) is 1.90. The molecule has 1 aromatic carbocycles. The maximum atomic E-state index is 13.3. The zero-order chi connectivity index (χ0) is 15.8. The molecule has 0 unspecified atom stereocenters. The summed E-state index contributed by atoms with van der Waals surface area (Å²) < 4.78 is 41.0. The maximum absolute atomic E-state index is 13.3. The van der Waals surface area contributed by atoms with Crippen LogP contribution in [-0.4, -0.2) is 15.3 Å². The van der Waals surface area contributed by atoms with Gasteiger partial charge in [-0.3, -0.25) is 0 Å². The maximum Gasteiger partial charge on any atom is 0.194 e. The highest BCUT2D eigenvalue weighted by Gasteiger charge is 2.16. The van der Waals surface area contributed by atoms with Crippen molar-refractivity contribution in [2.24, 2.45) is 0 Å². The van der Waals surface area contributed by atoms with Crippen LogP contribution in [0.5, 0.6) is 0 Å².